The van der Waals surface area contributed by atoms with Crippen molar-refractivity contribution in [3.8, 4) is 0 Å². The van der Waals surface area contributed by atoms with Crippen LogP contribution in [-0.2, 0) is 11.2 Å². The first-order chi connectivity index (χ1) is 6.29. The summed E-state index contributed by atoms with van der Waals surface area (Å²) >= 11 is 0. The summed E-state index contributed by atoms with van der Waals surface area (Å²) in [7, 11) is 0. The number of fused-ring (bicyclic) bond motifs is 1. The molecular weight excluding hydrogens is 198 g/mol. The van der Waals surface area contributed by atoms with Gasteiger partial charge in [0.1, 0.15) is 0 Å². The maximum Gasteiger partial charge on any atom is 0.151 e. The number of hydrogen-bond acceptors (Lipinski definition) is 2. The summed E-state index contributed by atoms with van der Waals surface area (Å²) < 4.78 is 0. The highest BCUT2D eigenvalue weighted by molar-refractivity contribution is 5.85. The van der Waals surface area contributed by atoms with Crippen LogP contribution in [0.3, 0.4) is 0 Å². The molecule has 0 radical (unpaired) electrons. The van der Waals surface area contributed by atoms with Crippen molar-refractivity contribution in [2.24, 2.45) is 0 Å². The molecule has 0 amide bonds. The molecule has 1 aliphatic heterocycles. The third-order valence-electron chi connectivity index (χ3n) is 2.52. The molecule has 1 aromatic carbocycles. The van der Waals surface area contributed by atoms with Crippen molar-refractivity contribution in [3.63, 3.8) is 0 Å². The van der Waals surface area contributed by atoms with Crippen molar-refractivity contribution >= 4 is 18.2 Å². The van der Waals surface area contributed by atoms with Crippen LogP contribution >= 0.6 is 12.4 Å². The van der Waals surface area contributed by atoms with Gasteiger partial charge < -0.3 is 5.32 Å². The Labute approximate surface area is 90.1 Å². The number of rotatable bonds is 1. The van der Waals surface area contributed by atoms with Crippen LogP contribution < -0.4 is 5.32 Å². The molecule has 1 unspecified atom stereocenters. The molecule has 2 rings (SSSR count). The zero-order chi connectivity index (χ0) is 9.26. The molecule has 0 aromatic heterocycles. The van der Waals surface area contributed by atoms with Gasteiger partial charge in [0.15, 0.2) is 5.78 Å². The van der Waals surface area contributed by atoms with Crippen LogP contribution in [0.4, 0.5) is 0 Å². The van der Waals surface area contributed by atoms with Crippen molar-refractivity contribution in [3.05, 3.63) is 35.4 Å². The third-order valence-corrected chi connectivity index (χ3v) is 2.52. The minimum atomic E-state index is -0.0788. The predicted octanol–water partition coefficient (Wildman–Crippen LogP) is 1.88. The lowest BCUT2D eigenvalue weighted by atomic mass is 9.92. The van der Waals surface area contributed by atoms with Crippen molar-refractivity contribution < 1.29 is 4.79 Å². The summed E-state index contributed by atoms with van der Waals surface area (Å²) in [6.45, 7) is 2.54. The van der Waals surface area contributed by atoms with Crippen molar-refractivity contribution in [2.45, 2.75) is 19.4 Å². The van der Waals surface area contributed by atoms with Crippen LogP contribution in [0.2, 0.25) is 0 Å². The molecule has 0 aliphatic carbocycles. The molecule has 2 nitrogen and oxygen atoms in total. The van der Waals surface area contributed by atoms with E-state index in [0.29, 0.717) is 0 Å². The Balaban J connectivity index is 0.000000980. The first-order valence-electron chi connectivity index (χ1n) is 4.60. The first-order valence-corrected chi connectivity index (χ1v) is 4.60. The van der Waals surface area contributed by atoms with Gasteiger partial charge >= 0.3 is 0 Å². The largest absolute Gasteiger partial charge is 0.303 e. The summed E-state index contributed by atoms with van der Waals surface area (Å²) in [5.41, 5.74) is 2.46. The van der Waals surface area contributed by atoms with Gasteiger partial charge in [-0.3, -0.25) is 4.79 Å². The lowest BCUT2D eigenvalue weighted by Crippen LogP contribution is -2.33. The van der Waals surface area contributed by atoms with Gasteiger partial charge in [-0.05, 0) is 24.5 Å². The fourth-order valence-electron chi connectivity index (χ4n) is 1.87. The Bertz CT molecular complexity index is 338. The molecule has 0 saturated carbocycles. The number of nitrogens with one attached hydrogen (secondary N) is 1. The molecule has 3 heteroatoms. The van der Waals surface area contributed by atoms with E-state index in [4.69, 9.17) is 0 Å². The topological polar surface area (TPSA) is 29.1 Å². The maximum absolute atomic E-state index is 11.3. The Hall–Kier alpha value is -0.860. The molecule has 0 saturated heterocycles. The molecule has 0 spiro atoms. The summed E-state index contributed by atoms with van der Waals surface area (Å²) in [6.07, 6.45) is 1.03. The van der Waals surface area contributed by atoms with E-state index in [1.165, 1.54) is 5.56 Å². The number of Topliss-reactive ketones (excluding diaryl/α,β-unsaturated/α-hetero) is 1. The van der Waals surface area contributed by atoms with Crippen molar-refractivity contribution in [1.82, 2.24) is 5.32 Å². The third kappa shape index (κ3) is 1.97. The lowest BCUT2D eigenvalue weighted by molar-refractivity contribution is -0.119. The second kappa shape index (κ2) is 4.58. The minimum Gasteiger partial charge on any atom is -0.303 e. The number of ketones is 1. The minimum absolute atomic E-state index is 0. The molecule has 1 atom stereocenters. The van der Waals surface area contributed by atoms with Gasteiger partial charge in [0.05, 0.1) is 6.04 Å². The summed E-state index contributed by atoms with van der Waals surface area (Å²) in [5, 5.41) is 3.23. The highest BCUT2D eigenvalue weighted by Gasteiger charge is 2.21. The summed E-state index contributed by atoms with van der Waals surface area (Å²) in [6, 6.07) is 8.08. The molecule has 14 heavy (non-hydrogen) atoms. The van der Waals surface area contributed by atoms with Crippen LogP contribution in [-0.4, -0.2) is 12.3 Å². The highest BCUT2D eigenvalue weighted by atomic mass is 35.5. The zero-order valence-corrected chi connectivity index (χ0v) is 8.93. The molecule has 0 fully saturated rings. The first kappa shape index (κ1) is 11.2. The van der Waals surface area contributed by atoms with Crippen LogP contribution in [0.25, 0.3) is 0 Å². The summed E-state index contributed by atoms with van der Waals surface area (Å²) in [4.78, 5) is 11.3. The van der Waals surface area contributed by atoms with Crippen molar-refractivity contribution in [2.75, 3.05) is 6.54 Å². The van der Waals surface area contributed by atoms with Crippen LogP contribution in [0.5, 0.6) is 0 Å². The normalized spacial score (nSPS) is 19.4. The average molecular weight is 212 g/mol. The van der Waals surface area contributed by atoms with E-state index in [1.807, 2.05) is 18.2 Å². The highest BCUT2D eigenvalue weighted by Crippen LogP contribution is 2.22. The van der Waals surface area contributed by atoms with E-state index < -0.39 is 0 Å². The fraction of sp³-hybridized carbons (Fsp3) is 0.364. The number of carbonyl (C=O) groups excluding carboxylic acids is 1. The van der Waals surface area contributed by atoms with E-state index in [9.17, 15) is 4.79 Å². The standard InChI is InChI=1S/C11H13NO.ClH/c1-8(13)11-10-5-3-2-4-9(10)6-7-12-11;/h2-5,11-12H,6-7H2,1H3;1H. The predicted molar refractivity (Wildman–Crippen MR) is 58.8 cm³/mol. The molecule has 76 valence electrons. The second-order valence-electron chi connectivity index (χ2n) is 3.45. The molecule has 1 aliphatic rings. The fourth-order valence-corrected chi connectivity index (χ4v) is 1.87. The van der Waals surface area contributed by atoms with Gasteiger partial charge in [0.2, 0.25) is 0 Å². The van der Waals surface area contributed by atoms with E-state index in [-0.39, 0.29) is 24.2 Å². The zero-order valence-electron chi connectivity index (χ0n) is 8.12. The molecule has 0 bridgehead atoms. The smallest absolute Gasteiger partial charge is 0.151 e. The Morgan fingerprint density at radius 1 is 1.43 bits per heavy atom. The van der Waals surface area contributed by atoms with E-state index in [2.05, 4.69) is 11.4 Å². The van der Waals surface area contributed by atoms with Gasteiger partial charge in [-0.25, -0.2) is 0 Å². The molecular formula is C11H14ClNO. The van der Waals surface area contributed by atoms with Gasteiger partial charge in [0.25, 0.3) is 0 Å². The summed E-state index contributed by atoms with van der Waals surface area (Å²) in [5.74, 6) is 0.201. The average Bonchev–Trinajstić information content (AvgIpc) is 2.17. The van der Waals surface area contributed by atoms with E-state index in [0.717, 1.165) is 18.5 Å². The van der Waals surface area contributed by atoms with Gasteiger partial charge in [-0.1, -0.05) is 24.3 Å². The van der Waals surface area contributed by atoms with Gasteiger partial charge in [-0.15, -0.1) is 12.4 Å². The number of benzene rings is 1. The van der Waals surface area contributed by atoms with E-state index in [1.54, 1.807) is 6.92 Å². The monoisotopic (exact) mass is 211 g/mol. The molecule has 1 aromatic rings. The van der Waals surface area contributed by atoms with Crippen LogP contribution in [0, 0.1) is 0 Å². The van der Waals surface area contributed by atoms with Gasteiger partial charge in [0, 0.05) is 6.54 Å². The number of halogens is 1. The maximum atomic E-state index is 11.3. The molecule has 1 N–H and O–H groups in total. The second-order valence-corrected chi connectivity index (χ2v) is 3.45. The quantitative estimate of drug-likeness (QED) is 0.769. The Morgan fingerprint density at radius 2 is 2.14 bits per heavy atom. The number of hydrogen-bond donors (Lipinski definition) is 1. The Morgan fingerprint density at radius 3 is 2.86 bits per heavy atom. The van der Waals surface area contributed by atoms with E-state index >= 15 is 0 Å². The van der Waals surface area contributed by atoms with Crippen molar-refractivity contribution in [1.29, 1.82) is 0 Å². The Kier molecular flexibility index (Phi) is 3.67. The van der Waals surface area contributed by atoms with Crippen LogP contribution in [0.1, 0.15) is 24.1 Å². The lowest BCUT2D eigenvalue weighted by Gasteiger charge is -2.24. The van der Waals surface area contributed by atoms with Gasteiger partial charge in [-0.2, -0.15) is 0 Å². The number of carbonyl (C=O) groups is 1. The molecule has 1 heterocycles. The SMILES string of the molecule is CC(=O)C1NCCc2ccccc21.Cl. The van der Waals surface area contributed by atoms with Crippen LogP contribution in [0.15, 0.2) is 24.3 Å².